The molecule has 4 nitrogen and oxygen atoms in total. The molecule has 2 heterocycles. The van der Waals surface area contributed by atoms with E-state index in [1.165, 1.54) is 0 Å². The van der Waals surface area contributed by atoms with Gasteiger partial charge in [0.05, 0.1) is 24.4 Å². The van der Waals surface area contributed by atoms with Gasteiger partial charge in [0.2, 0.25) is 0 Å². The van der Waals surface area contributed by atoms with Crippen LogP contribution in [0.5, 0.6) is 0 Å². The summed E-state index contributed by atoms with van der Waals surface area (Å²) in [6.45, 7) is 0.907. The van der Waals surface area contributed by atoms with Gasteiger partial charge in [0, 0.05) is 12.7 Å². The fourth-order valence-electron chi connectivity index (χ4n) is 1.48. The predicted octanol–water partition coefficient (Wildman–Crippen LogP) is 0.0297. The molecule has 1 N–H and O–H groups in total. The normalized spacial score (nSPS) is 14.8. The van der Waals surface area contributed by atoms with E-state index in [0.717, 1.165) is 5.69 Å². The van der Waals surface area contributed by atoms with Crippen LogP contribution in [0, 0.1) is 0 Å². The number of aromatic nitrogens is 1. The first-order valence-electron chi connectivity index (χ1n) is 4.17. The molecule has 0 saturated heterocycles. The highest BCUT2D eigenvalue weighted by molar-refractivity contribution is 5.97. The van der Waals surface area contributed by atoms with Gasteiger partial charge < -0.3 is 10.0 Å². The molecule has 1 aromatic heterocycles. The van der Waals surface area contributed by atoms with Crippen molar-refractivity contribution in [3.05, 3.63) is 29.6 Å². The molecule has 68 valence electrons. The van der Waals surface area contributed by atoms with Crippen LogP contribution in [0.3, 0.4) is 0 Å². The molecule has 4 heteroatoms. The topological polar surface area (TPSA) is 53.4 Å². The number of aliphatic hydroxyl groups is 1. The molecule has 0 fully saturated rings. The molecule has 1 aromatic rings. The van der Waals surface area contributed by atoms with Crippen LogP contribution in [0.4, 0.5) is 0 Å². The van der Waals surface area contributed by atoms with Crippen LogP contribution in [0.2, 0.25) is 0 Å². The van der Waals surface area contributed by atoms with E-state index in [4.69, 9.17) is 5.11 Å². The van der Waals surface area contributed by atoms with Crippen LogP contribution in [0.15, 0.2) is 18.3 Å². The summed E-state index contributed by atoms with van der Waals surface area (Å²) in [5.74, 6) is -0.0304. The minimum atomic E-state index is -0.0304. The lowest BCUT2D eigenvalue weighted by Crippen LogP contribution is -2.26. The molecule has 1 aliphatic heterocycles. The lowest BCUT2D eigenvalue weighted by molar-refractivity contribution is 0.0745. The quantitative estimate of drug-likeness (QED) is 0.695. The van der Waals surface area contributed by atoms with Crippen LogP contribution in [0.25, 0.3) is 0 Å². The maximum Gasteiger partial charge on any atom is 0.256 e. The number of nitrogens with zero attached hydrogens (tertiary/aromatic N) is 2. The number of aliphatic hydroxyl groups excluding tert-OH is 1. The lowest BCUT2D eigenvalue weighted by Gasteiger charge is -2.12. The minimum absolute atomic E-state index is 0.000269. The van der Waals surface area contributed by atoms with Gasteiger partial charge in [0.1, 0.15) is 0 Å². The Labute approximate surface area is 75.8 Å². The molecular weight excluding hydrogens is 168 g/mol. The van der Waals surface area contributed by atoms with Crippen molar-refractivity contribution in [1.82, 2.24) is 9.88 Å². The zero-order valence-electron chi connectivity index (χ0n) is 7.10. The third-order valence-electron chi connectivity index (χ3n) is 2.12. The highest BCUT2D eigenvalue weighted by atomic mass is 16.3. The highest BCUT2D eigenvalue weighted by Gasteiger charge is 2.26. The van der Waals surface area contributed by atoms with E-state index >= 15 is 0 Å². The van der Waals surface area contributed by atoms with Crippen LogP contribution < -0.4 is 0 Å². The second-order valence-corrected chi connectivity index (χ2v) is 2.95. The van der Waals surface area contributed by atoms with Crippen LogP contribution >= 0.6 is 0 Å². The van der Waals surface area contributed by atoms with E-state index in [1.54, 1.807) is 23.2 Å². The van der Waals surface area contributed by atoms with Gasteiger partial charge in [-0.2, -0.15) is 0 Å². The molecule has 0 aromatic carbocycles. The largest absolute Gasteiger partial charge is 0.395 e. The van der Waals surface area contributed by atoms with Crippen LogP contribution in [0.1, 0.15) is 16.1 Å². The number of fused-ring (bicyclic) bond motifs is 1. The van der Waals surface area contributed by atoms with Crippen molar-refractivity contribution >= 4 is 5.91 Å². The molecule has 2 rings (SSSR count). The summed E-state index contributed by atoms with van der Waals surface area (Å²) < 4.78 is 0. The summed E-state index contributed by atoms with van der Waals surface area (Å²) in [6, 6.07) is 3.52. The first-order chi connectivity index (χ1) is 6.33. The standard InChI is InChI=1S/C9H10N2O2/c12-5-4-11-6-8-7(9(11)13)2-1-3-10-8/h1-3,12H,4-6H2. The first-order valence-corrected chi connectivity index (χ1v) is 4.17. The average Bonchev–Trinajstić information content (AvgIpc) is 2.46. The third-order valence-corrected chi connectivity index (χ3v) is 2.12. The van der Waals surface area contributed by atoms with Crippen molar-refractivity contribution < 1.29 is 9.90 Å². The summed E-state index contributed by atoms with van der Waals surface area (Å²) in [6.07, 6.45) is 1.68. The molecule has 13 heavy (non-hydrogen) atoms. The van der Waals surface area contributed by atoms with Crippen LogP contribution in [-0.4, -0.2) is 34.0 Å². The maximum atomic E-state index is 11.6. The Balaban J connectivity index is 2.28. The van der Waals surface area contributed by atoms with E-state index in [0.29, 0.717) is 18.7 Å². The molecular formula is C9H10N2O2. The molecule has 0 saturated carbocycles. The van der Waals surface area contributed by atoms with Gasteiger partial charge >= 0.3 is 0 Å². The number of amides is 1. The number of hydrogen-bond acceptors (Lipinski definition) is 3. The van der Waals surface area contributed by atoms with Crippen molar-refractivity contribution in [2.75, 3.05) is 13.2 Å². The fourth-order valence-corrected chi connectivity index (χ4v) is 1.48. The second-order valence-electron chi connectivity index (χ2n) is 2.95. The number of rotatable bonds is 2. The van der Waals surface area contributed by atoms with Gasteiger partial charge in [-0.05, 0) is 12.1 Å². The molecule has 0 unspecified atom stereocenters. The first kappa shape index (κ1) is 8.19. The van der Waals surface area contributed by atoms with Gasteiger partial charge in [0.25, 0.3) is 5.91 Å². The molecule has 1 aliphatic rings. The zero-order valence-corrected chi connectivity index (χ0v) is 7.10. The van der Waals surface area contributed by atoms with E-state index in [1.807, 2.05) is 0 Å². The minimum Gasteiger partial charge on any atom is -0.395 e. The molecule has 1 amide bonds. The predicted molar refractivity (Wildman–Crippen MR) is 46.1 cm³/mol. The Morgan fingerprint density at radius 1 is 1.62 bits per heavy atom. The maximum absolute atomic E-state index is 11.6. The summed E-state index contributed by atoms with van der Waals surface area (Å²) in [7, 11) is 0. The summed E-state index contributed by atoms with van der Waals surface area (Å²) in [5, 5.41) is 8.71. The second kappa shape index (κ2) is 3.14. The summed E-state index contributed by atoms with van der Waals surface area (Å²) in [5.41, 5.74) is 1.47. The third kappa shape index (κ3) is 1.29. The number of carbonyl (C=O) groups excluding carboxylic acids is 1. The molecule has 0 spiro atoms. The van der Waals surface area contributed by atoms with Crippen molar-refractivity contribution in [2.45, 2.75) is 6.54 Å². The van der Waals surface area contributed by atoms with E-state index in [2.05, 4.69) is 4.98 Å². The average molecular weight is 178 g/mol. The van der Waals surface area contributed by atoms with Crippen LogP contribution in [-0.2, 0) is 6.54 Å². The SMILES string of the molecule is O=C1c2cccnc2CN1CCO. The Kier molecular flexibility index (Phi) is 1.98. The van der Waals surface area contributed by atoms with Gasteiger partial charge in [-0.15, -0.1) is 0 Å². The highest BCUT2D eigenvalue weighted by Crippen LogP contribution is 2.19. The van der Waals surface area contributed by atoms with Crippen molar-refractivity contribution in [3.63, 3.8) is 0 Å². The van der Waals surface area contributed by atoms with Gasteiger partial charge in [0.15, 0.2) is 0 Å². The van der Waals surface area contributed by atoms with Gasteiger partial charge in [-0.25, -0.2) is 0 Å². The Bertz CT molecular complexity index is 338. The summed E-state index contributed by atoms with van der Waals surface area (Å²) in [4.78, 5) is 17.3. The number of pyridine rings is 1. The molecule has 0 radical (unpaired) electrons. The van der Waals surface area contributed by atoms with E-state index in [9.17, 15) is 4.79 Å². The van der Waals surface area contributed by atoms with Crippen molar-refractivity contribution in [2.24, 2.45) is 0 Å². The number of carbonyl (C=O) groups is 1. The number of hydrogen-bond donors (Lipinski definition) is 1. The van der Waals surface area contributed by atoms with Gasteiger partial charge in [-0.3, -0.25) is 9.78 Å². The van der Waals surface area contributed by atoms with E-state index in [-0.39, 0.29) is 12.5 Å². The number of β-amino-alcohol motifs (C(OH)–C–C–N with tert-alkyl or cyclic N) is 1. The smallest absolute Gasteiger partial charge is 0.256 e. The monoisotopic (exact) mass is 178 g/mol. The van der Waals surface area contributed by atoms with Gasteiger partial charge in [-0.1, -0.05) is 0 Å². The molecule has 0 atom stereocenters. The fraction of sp³-hybridized carbons (Fsp3) is 0.333. The Hall–Kier alpha value is -1.42. The summed E-state index contributed by atoms with van der Waals surface area (Å²) >= 11 is 0. The van der Waals surface area contributed by atoms with Crippen molar-refractivity contribution in [3.8, 4) is 0 Å². The Morgan fingerprint density at radius 3 is 3.15 bits per heavy atom. The zero-order chi connectivity index (χ0) is 9.26. The van der Waals surface area contributed by atoms with Crippen molar-refractivity contribution in [1.29, 1.82) is 0 Å². The lowest BCUT2D eigenvalue weighted by atomic mass is 10.2. The Morgan fingerprint density at radius 2 is 2.46 bits per heavy atom. The van der Waals surface area contributed by atoms with E-state index < -0.39 is 0 Å². The molecule has 0 bridgehead atoms. The molecule has 0 aliphatic carbocycles.